The summed E-state index contributed by atoms with van der Waals surface area (Å²) in [6.45, 7) is 2.41. The van der Waals surface area contributed by atoms with Crippen LogP contribution in [0.1, 0.15) is 24.0 Å². The largest absolute Gasteiger partial charge is 0.463 e. The van der Waals surface area contributed by atoms with E-state index in [0.29, 0.717) is 16.7 Å². The van der Waals surface area contributed by atoms with Gasteiger partial charge in [-0.2, -0.15) is 13.2 Å². The molecule has 0 aliphatic carbocycles. The number of rotatable bonds is 4. The maximum atomic E-state index is 12.9. The van der Waals surface area contributed by atoms with Crippen molar-refractivity contribution < 1.29 is 32.0 Å². The van der Waals surface area contributed by atoms with E-state index in [0.717, 1.165) is 6.07 Å². The maximum Gasteiger partial charge on any atom is 0.417 e. The Kier molecular flexibility index (Phi) is 5.08. The lowest BCUT2D eigenvalue weighted by Gasteiger charge is -2.19. The Bertz CT molecular complexity index is 1000. The number of alkyl halides is 3. The second-order valence-corrected chi connectivity index (χ2v) is 7.00. The number of imide groups is 1. The van der Waals surface area contributed by atoms with Crippen molar-refractivity contribution in [1.29, 1.82) is 0 Å². The Hall–Kier alpha value is -3.01. The predicted molar refractivity (Wildman–Crippen MR) is 96.1 cm³/mol. The number of nitrogens with zero attached hydrogens (tertiary/aromatic N) is 1. The Morgan fingerprint density at radius 1 is 1.28 bits per heavy atom. The first-order chi connectivity index (χ1) is 13.4. The number of nitrogens with one attached hydrogen (secondary N) is 2. The molecule has 29 heavy (non-hydrogen) atoms. The number of benzene rings is 1. The Balaban J connectivity index is 1.74. The molecule has 1 aromatic heterocycles. The van der Waals surface area contributed by atoms with E-state index in [9.17, 15) is 27.6 Å². The number of amides is 4. The molecule has 1 unspecified atom stereocenters. The second-order valence-electron chi connectivity index (χ2n) is 6.60. The van der Waals surface area contributed by atoms with Gasteiger partial charge < -0.3 is 15.1 Å². The molecule has 1 atom stereocenters. The summed E-state index contributed by atoms with van der Waals surface area (Å²) < 4.78 is 44.2. The molecule has 2 aromatic rings. The molecule has 1 aromatic carbocycles. The first-order valence-corrected chi connectivity index (χ1v) is 8.67. The topological polar surface area (TPSA) is 91.7 Å². The van der Waals surface area contributed by atoms with Gasteiger partial charge in [-0.1, -0.05) is 11.6 Å². The first kappa shape index (κ1) is 20.7. The van der Waals surface area contributed by atoms with Gasteiger partial charge >= 0.3 is 12.2 Å². The summed E-state index contributed by atoms with van der Waals surface area (Å²) in [5.41, 5.74) is -2.79. The van der Waals surface area contributed by atoms with E-state index in [4.69, 9.17) is 16.0 Å². The van der Waals surface area contributed by atoms with Crippen molar-refractivity contribution in [2.45, 2.75) is 25.6 Å². The molecule has 0 spiro atoms. The summed E-state index contributed by atoms with van der Waals surface area (Å²) in [6, 6.07) is 5.16. The minimum atomic E-state index is -4.70. The van der Waals surface area contributed by atoms with Crippen LogP contribution >= 0.6 is 11.6 Å². The van der Waals surface area contributed by atoms with Crippen LogP contribution in [-0.4, -0.2) is 29.3 Å². The summed E-state index contributed by atoms with van der Waals surface area (Å²) >= 11 is 5.54. The van der Waals surface area contributed by atoms with Crippen molar-refractivity contribution in [3.63, 3.8) is 0 Å². The van der Waals surface area contributed by atoms with Crippen molar-refractivity contribution in [3.05, 3.63) is 52.4 Å². The van der Waals surface area contributed by atoms with E-state index < -0.39 is 46.7 Å². The summed E-state index contributed by atoms with van der Waals surface area (Å²) in [5.74, 6) is -0.852. The standard InChI is InChI=1S/C18H15ClF3N3O4/c1-9-3-6-13(29-9)17(2)15(27)25(16(28)24-17)8-14(26)23-10-4-5-12(19)11(7-10)18(20,21)22/h3-7H,8H2,1-2H3,(H,23,26)(H,24,28). The molecule has 1 aliphatic heterocycles. The van der Waals surface area contributed by atoms with Crippen LogP contribution in [0.15, 0.2) is 34.7 Å². The lowest BCUT2D eigenvalue weighted by molar-refractivity contribution is -0.137. The highest BCUT2D eigenvalue weighted by Gasteiger charge is 2.51. The van der Waals surface area contributed by atoms with Crippen LogP contribution in [0.4, 0.5) is 23.7 Å². The van der Waals surface area contributed by atoms with Gasteiger partial charge in [-0.25, -0.2) is 4.79 Å². The molecule has 0 bridgehead atoms. The van der Waals surface area contributed by atoms with Crippen LogP contribution in [0.2, 0.25) is 5.02 Å². The Labute approximate surface area is 167 Å². The zero-order valence-corrected chi connectivity index (χ0v) is 15.9. The lowest BCUT2D eigenvalue weighted by Crippen LogP contribution is -2.41. The van der Waals surface area contributed by atoms with Crippen molar-refractivity contribution in [3.8, 4) is 0 Å². The SMILES string of the molecule is Cc1ccc(C2(C)NC(=O)N(CC(=O)Nc3ccc(Cl)c(C(F)(F)F)c3)C2=O)o1. The zero-order valence-electron chi connectivity index (χ0n) is 15.2. The molecule has 0 saturated carbocycles. The molecule has 1 aliphatic rings. The summed E-state index contributed by atoms with van der Waals surface area (Å²) in [6.07, 6.45) is -4.70. The Morgan fingerprint density at radius 2 is 1.97 bits per heavy atom. The summed E-state index contributed by atoms with van der Waals surface area (Å²) in [4.78, 5) is 37.8. The van der Waals surface area contributed by atoms with Gasteiger partial charge in [0.05, 0.1) is 10.6 Å². The number of halogens is 4. The highest BCUT2D eigenvalue weighted by Crippen LogP contribution is 2.36. The van der Waals surface area contributed by atoms with Gasteiger partial charge in [0, 0.05) is 5.69 Å². The van der Waals surface area contributed by atoms with Crippen LogP contribution in [0.5, 0.6) is 0 Å². The van der Waals surface area contributed by atoms with E-state index in [1.54, 1.807) is 13.0 Å². The third-order valence-electron chi connectivity index (χ3n) is 4.37. The third kappa shape index (κ3) is 3.93. The van der Waals surface area contributed by atoms with Gasteiger partial charge in [-0.05, 0) is 44.2 Å². The Morgan fingerprint density at radius 3 is 2.55 bits per heavy atom. The monoisotopic (exact) mass is 429 g/mol. The van der Waals surface area contributed by atoms with E-state index >= 15 is 0 Å². The molecule has 3 rings (SSSR count). The number of hydrogen-bond acceptors (Lipinski definition) is 4. The number of carbonyl (C=O) groups is 3. The van der Waals surface area contributed by atoms with Crippen LogP contribution in [0.25, 0.3) is 0 Å². The summed E-state index contributed by atoms with van der Waals surface area (Å²) in [5, 5.41) is 4.17. The molecule has 11 heteroatoms. The van der Waals surface area contributed by atoms with Gasteiger partial charge in [0.15, 0.2) is 5.54 Å². The fraction of sp³-hybridized carbons (Fsp3) is 0.278. The predicted octanol–water partition coefficient (Wildman–Crippen LogP) is 3.67. The maximum absolute atomic E-state index is 12.9. The van der Waals surface area contributed by atoms with E-state index in [1.165, 1.54) is 19.1 Å². The average molecular weight is 430 g/mol. The normalized spacial score (nSPS) is 19.4. The average Bonchev–Trinajstić information content (AvgIpc) is 3.14. The van der Waals surface area contributed by atoms with Gasteiger partial charge in [0.1, 0.15) is 18.1 Å². The molecule has 1 saturated heterocycles. The second kappa shape index (κ2) is 7.11. The highest BCUT2D eigenvalue weighted by atomic mass is 35.5. The number of anilines is 1. The molecule has 1 fully saturated rings. The van der Waals surface area contributed by atoms with Crippen molar-refractivity contribution in [2.24, 2.45) is 0 Å². The van der Waals surface area contributed by atoms with Gasteiger partial charge in [-0.15, -0.1) is 0 Å². The lowest BCUT2D eigenvalue weighted by atomic mass is 9.99. The number of furan rings is 1. The van der Waals surface area contributed by atoms with Crippen molar-refractivity contribution in [2.75, 3.05) is 11.9 Å². The van der Waals surface area contributed by atoms with E-state index in [-0.39, 0.29) is 11.4 Å². The fourth-order valence-electron chi connectivity index (χ4n) is 2.88. The van der Waals surface area contributed by atoms with Crippen LogP contribution in [0, 0.1) is 6.92 Å². The van der Waals surface area contributed by atoms with Gasteiger partial charge in [0.2, 0.25) is 5.91 Å². The smallest absolute Gasteiger partial charge is 0.417 e. The summed E-state index contributed by atoms with van der Waals surface area (Å²) in [7, 11) is 0. The number of hydrogen-bond donors (Lipinski definition) is 2. The van der Waals surface area contributed by atoms with Crippen molar-refractivity contribution in [1.82, 2.24) is 10.2 Å². The van der Waals surface area contributed by atoms with Crippen LogP contribution in [0.3, 0.4) is 0 Å². The number of aryl methyl sites for hydroxylation is 1. The molecular formula is C18H15ClF3N3O4. The van der Waals surface area contributed by atoms with E-state index in [2.05, 4.69) is 10.6 Å². The molecular weight excluding hydrogens is 415 g/mol. The quantitative estimate of drug-likeness (QED) is 0.725. The minimum Gasteiger partial charge on any atom is -0.463 e. The van der Waals surface area contributed by atoms with Crippen LogP contribution in [-0.2, 0) is 21.3 Å². The van der Waals surface area contributed by atoms with E-state index in [1.807, 2.05) is 0 Å². The number of urea groups is 1. The molecule has 2 N–H and O–H groups in total. The zero-order chi connectivity index (χ0) is 21.6. The number of carbonyl (C=O) groups excluding carboxylic acids is 3. The minimum absolute atomic E-state index is 0.178. The third-order valence-corrected chi connectivity index (χ3v) is 4.69. The first-order valence-electron chi connectivity index (χ1n) is 8.29. The fourth-order valence-corrected chi connectivity index (χ4v) is 3.10. The van der Waals surface area contributed by atoms with Crippen molar-refractivity contribution >= 4 is 35.1 Å². The molecule has 154 valence electrons. The van der Waals surface area contributed by atoms with Crippen LogP contribution < -0.4 is 10.6 Å². The molecule has 4 amide bonds. The molecule has 2 heterocycles. The highest BCUT2D eigenvalue weighted by molar-refractivity contribution is 6.31. The van der Waals surface area contributed by atoms with Gasteiger partial charge in [-0.3, -0.25) is 14.5 Å². The molecule has 7 nitrogen and oxygen atoms in total. The molecule has 0 radical (unpaired) electrons. The van der Waals surface area contributed by atoms with Gasteiger partial charge in [0.25, 0.3) is 5.91 Å².